The zero-order valence-electron chi connectivity index (χ0n) is 11.2. The van der Waals surface area contributed by atoms with Crippen molar-refractivity contribution in [2.24, 2.45) is 0 Å². The minimum absolute atomic E-state index is 0.115. The van der Waals surface area contributed by atoms with Gasteiger partial charge in [0.2, 0.25) is 0 Å². The molecule has 21 heavy (non-hydrogen) atoms. The summed E-state index contributed by atoms with van der Waals surface area (Å²) in [6, 6.07) is 6.69. The van der Waals surface area contributed by atoms with E-state index in [2.05, 4.69) is 10.2 Å². The van der Waals surface area contributed by atoms with E-state index in [0.29, 0.717) is 27.6 Å². The zero-order valence-corrected chi connectivity index (χ0v) is 12.0. The van der Waals surface area contributed by atoms with Gasteiger partial charge >= 0.3 is 5.97 Å². The maximum atomic E-state index is 11.6. The average Bonchev–Trinajstić information content (AvgIpc) is 2.46. The molecular weight excluding hydrogens is 296 g/mol. The Morgan fingerprint density at radius 3 is 2.81 bits per heavy atom. The first-order valence-electron chi connectivity index (χ1n) is 6.15. The number of aryl methyl sites for hydroxylation is 1. The lowest BCUT2D eigenvalue weighted by molar-refractivity contribution is -0.136. The number of rotatable bonds is 5. The molecule has 7 heteroatoms. The summed E-state index contributed by atoms with van der Waals surface area (Å²) in [7, 11) is 1.52. The van der Waals surface area contributed by atoms with E-state index in [1.807, 2.05) is 0 Å². The van der Waals surface area contributed by atoms with Crippen molar-refractivity contribution >= 4 is 17.6 Å². The highest BCUT2D eigenvalue weighted by molar-refractivity contribution is 6.32. The number of benzene rings is 1. The number of hydrogen-bond acceptors (Lipinski definition) is 4. The highest BCUT2D eigenvalue weighted by Crippen LogP contribution is 2.29. The molecule has 2 rings (SSSR count). The van der Waals surface area contributed by atoms with E-state index in [1.165, 1.54) is 7.11 Å². The van der Waals surface area contributed by atoms with Gasteiger partial charge in [-0.25, -0.2) is 5.10 Å². The van der Waals surface area contributed by atoms with Gasteiger partial charge in [0.25, 0.3) is 5.56 Å². The summed E-state index contributed by atoms with van der Waals surface area (Å²) in [5, 5.41) is 15.4. The minimum Gasteiger partial charge on any atom is -0.495 e. The van der Waals surface area contributed by atoms with Crippen LogP contribution < -0.4 is 10.3 Å². The first-order chi connectivity index (χ1) is 10.0. The third-order valence-electron chi connectivity index (χ3n) is 2.94. The fourth-order valence-electron chi connectivity index (χ4n) is 1.85. The van der Waals surface area contributed by atoms with Gasteiger partial charge in [-0.1, -0.05) is 11.6 Å². The van der Waals surface area contributed by atoms with Crippen LogP contribution in [0.25, 0.3) is 11.3 Å². The third kappa shape index (κ3) is 3.61. The normalized spacial score (nSPS) is 10.4. The fourth-order valence-corrected chi connectivity index (χ4v) is 2.10. The third-order valence-corrected chi connectivity index (χ3v) is 3.23. The summed E-state index contributed by atoms with van der Waals surface area (Å²) in [6.45, 7) is 0. The van der Waals surface area contributed by atoms with Crippen molar-refractivity contribution in [2.75, 3.05) is 7.11 Å². The van der Waals surface area contributed by atoms with Gasteiger partial charge in [-0.3, -0.25) is 9.59 Å². The minimum atomic E-state index is -0.958. The van der Waals surface area contributed by atoms with Crippen LogP contribution in [0.5, 0.6) is 5.75 Å². The van der Waals surface area contributed by atoms with Crippen LogP contribution in [0, 0.1) is 0 Å². The van der Waals surface area contributed by atoms with Gasteiger partial charge in [0, 0.05) is 17.5 Å². The monoisotopic (exact) mass is 308 g/mol. The molecule has 0 saturated carbocycles. The molecule has 0 atom stereocenters. The molecule has 2 N–H and O–H groups in total. The van der Waals surface area contributed by atoms with Crippen LogP contribution in [0.15, 0.2) is 29.1 Å². The first-order valence-corrected chi connectivity index (χ1v) is 6.53. The quantitative estimate of drug-likeness (QED) is 0.882. The Morgan fingerprint density at radius 1 is 1.43 bits per heavy atom. The van der Waals surface area contributed by atoms with Gasteiger partial charge in [0.05, 0.1) is 17.8 Å². The standard InChI is InChI=1S/C14H13ClN2O4/c1-21-12-4-2-8(6-10(12)15)11-7-9(3-5-13(18)19)14(20)17-16-11/h2,4,6-7H,3,5H2,1H3,(H,17,20)(H,18,19). The smallest absolute Gasteiger partial charge is 0.303 e. The Labute approximate surface area is 125 Å². The number of halogens is 1. The molecule has 0 aliphatic heterocycles. The first kappa shape index (κ1) is 15.1. The molecule has 0 bridgehead atoms. The number of carbonyl (C=O) groups is 1. The van der Waals surface area contributed by atoms with E-state index in [1.54, 1.807) is 24.3 Å². The van der Waals surface area contributed by atoms with E-state index in [-0.39, 0.29) is 18.4 Å². The Morgan fingerprint density at radius 2 is 2.19 bits per heavy atom. The van der Waals surface area contributed by atoms with Crippen LogP contribution in [0.2, 0.25) is 5.02 Å². The molecule has 0 radical (unpaired) electrons. The highest BCUT2D eigenvalue weighted by atomic mass is 35.5. The Kier molecular flexibility index (Phi) is 4.59. The maximum Gasteiger partial charge on any atom is 0.303 e. The Balaban J connectivity index is 2.36. The van der Waals surface area contributed by atoms with Crippen LogP contribution in [0.4, 0.5) is 0 Å². The largest absolute Gasteiger partial charge is 0.495 e. The van der Waals surface area contributed by atoms with Crippen LogP contribution in [0.1, 0.15) is 12.0 Å². The van der Waals surface area contributed by atoms with Crippen molar-refractivity contribution in [3.8, 4) is 17.0 Å². The number of carboxylic acids is 1. The van der Waals surface area contributed by atoms with Crippen molar-refractivity contribution in [1.82, 2.24) is 10.2 Å². The molecule has 1 aromatic heterocycles. The molecule has 0 amide bonds. The van der Waals surface area contributed by atoms with E-state index in [0.717, 1.165) is 0 Å². The second-order valence-electron chi connectivity index (χ2n) is 4.35. The molecule has 0 spiro atoms. The molecular formula is C14H13ClN2O4. The lowest BCUT2D eigenvalue weighted by atomic mass is 10.1. The molecule has 6 nitrogen and oxygen atoms in total. The zero-order chi connectivity index (χ0) is 15.4. The van der Waals surface area contributed by atoms with E-state index in [9.17, 15) is 9.59 Å². The number of H-pyrrole nitrogens is 1. The van der Waals surface area contributed by atoms with Gasteiger partial charge < -0.3 is 9.84 Å². The molecule has 0 aliphatic rings. The van der Waals surface area contributed by atoms with Crippen LogP contribution in [-0.4, -0.2) is 28.4 Å². The van der Waals surface area contributed by atoms with E-state index in [4.69, 9.17) is 21.4 Å². The van der Waals surface area contributed by atoms with Crippen LogP contribution in [0.3, 0.4) is 0 Å². The van der Waals surface area contributed by atoms with Crippen LogP contribution >= 0.6 is 11.6 Å². The van der Waals surface area contributed by atoms with Gasteiger partial charge in [0.15, 0.2) is 0 Å². The predicted molar refractivity (Wildman–Crippen MR) is 77.8 cm³/mol. The summed E-state index contributed by atoms with van der Waals surface area (Å²) in [6.07, 6.45) is 0.0278. The number of nitrogens with zero attached hydrogens (tertiary/aromatic N) is 1. The summed E-state index contributed by atoms with van der Waals surface area (Å²) in [5.74, 6) is -0.420. The summed E-state index contributed by atoms with van der Waals surface area (Å²) >= 11 is 6.05. The molecule has 2 aromatic rings. The Hall–Kier alpha value is -2.34. The number of aliphatic carboxylic acids is 1. The Bertz CT molecular complexity index is 727. The summed E-state index contributed by atoms with van der Waals surface area (Å²) in [5.41, 5.74) is 1.20. The van der Waals surface area contributed by atoms with Gasteiger partial charge in [-0.2, -0.15) is 5.10 Å². The molecule has 0 unspecified atom stereocenters. The summed E-state index contributed by atoms with van der Waals surface area (Å²) < 4.78 is 5.07. The second kappa shape index (κ2) is 6.41. The van der Waals surface area contributed by atoms with Gasteiger partial charge in [-0.05, 0) is 30.7 Å². The topological polar surface area (TPSA) is 92.3 Å². The average molecular weight is 309 g/mol. The number of aromatic amines is 1. The number of methoxy groups -OCH3 is 1. The maximum absolute atomic E-state index is 11.6. The van der Waals surface area contributed by atoms with Crippen molar-refractivity contribution in [3.05, 3.63) is 45.2 Å². The SMILES string of the molecule is COc1ccc(-c2cc(CCC(=O)O)c(=O)[nH]n2)cc1Cl. The molecule has 0 fully saturated rings. The molecule has 0 saturated heterocycles. The lowest BCUT2D eigenvalue weighted by Crippen LogP contribution is -2.15. The second-order valence-corrected chi connectivity index (χ2v) is 4.76. The number of carboxylic acid groups (broad SMARTS) is 1. The molecule has 1 heterocycles. The molecule has 1 aromatic carbocycles. The van der Waals surface area contributed by atoms with E-state index >= 15 is 0 Å². The van der Waals surface area contributed by atoms with Crippen molar-refractivity contribution in [2.45, 2.75) is 12.8 Å². The van der Waals surface area contributed by atoms with Crippen molar-refractivity contribution in [1.29, 1.82) is 0 Å². The molecule has 0 aliphatic carbocycles. The van der Waals surface area contributed by atoms with E-state index < -0.39 is 5.97 Å². The lowest BCUT2D eigenvalue weighted by Gasteiger charge is -2.06. The van der Waals surface area contributed by atoms with Gasteiger partial charge in [-0.15, -0.1) is 0 Å². The highest BCUT2D eigenvalue weighted by Gasteiger charge is 2.09. The van der Waals surface area contributed by atoms with Crippen LogP contribution in [-0.2, 0) is 11.2 Å². The number of nitrogens with one attached hydrogen (secondary N) is 1. The number of ether oxygens (including phenoxy) is 1. The predicted octanol–water partition coefficient (Wildman–Crippen LogP) is 2.12. The number of aromatic nitrogens is 2. The summed E-state index contributed by atoms with van der Waals surface area (Å²) in [4.78, 5) is 22.2. The van der Waals surface area contributed by atoms with Crippen molar-refractivity contribution < 1.29 is 14.6 Å². The fraction of sp³-hybridized carbons (Fsp3) is 0.214. The van der Waals surface area contributed by atoms with Crippen molar-refractivity contribution in [3.63, 3.8) is 0 Å². The molecule has 110 valence electrons. The van der Waals surface area contributed by atoms with Gasteiger partial charge in [0.1, 0.15) is 5.75 Å². The number of hydrogen-bond donors (Lipinski definition) is 2.